The molecule has 0 aliphatic heterocycles. The second-order valence-electron chi connectivity index (χ2n) is 4.95. The number of nitrogens with zero attached hydrogens (tertiary/aromatic N) is 2. The van der Waals surface area contributed by atoms with Gasteiger partial charge in [0.2, 0.25) is 5.95 Å². The fourth-order valence-corrected chi connectivity index (χ4v) is 1.75. The summed E-state index contributed by atoms with van der Waals surface area (Å²) in [6.45, 7) is 6.80. The van der Waals surface area contributed by atoms with Gasteiger partial charge in [-0.1, -0.05) is 13.8 Å². The molecule has 0 amide bonds. The number of aromatic nitrogens is 2. The lowest BCUT2D eigenvalue weighted by atomic mass is 10.2. The van der Waals surface area contributed by atoms with Gasteiger partial charge in [0, 0.05) is 18.8 Å². The number of aryl methyl sites for hydroxylation is 1. The van der Waals surface area contributed by atoms with Crippen molar-refractivity contribution >= 4 is 5.95 Å². The Morgan fingerprint density at radius 3 is 2.63 bits per heavy atom. The van der Waals surface area contributed by atoms with Gasteiger partial charge < -0.3 is 5.32 Å². The van der Waals surface area contributed by atoms with E-state index >= 15 is 0 Å². The highest BCUT2D eigenvalue weighted by molar-refractivity contribution is 5.43. The molecular formula is C14H17F2N3. The van der Waals surface area contributed by atoms with Crippen LogP contribution in [0.1, 0.15) is 19.5 Å². The Bertz CT molecular complexity index is 576. The molecule has 1 heterocycles. The van der Waals surface area contributed by atoms with Crippen LogP contribution in [0, 0.1) is 24.5 Å². The average molecular weight is 265 g/mol. The molecule has 0 unspecified atom stereocenters. The maximum absolute atomic E-state index is 13.3. The minimum Gasteiger partial charge on any atom is -0.355 e. The smallest absolute Gasteiger partial charge is 0.207 e. The summed E-state index contributed by atoms with van der Waals surface area (Å²) in [6, 6.07) is 3.81. The van der Waals surface area contributed by atoms with Crippen LogP contribution in [0.15, 0.2) is 24.4 Å². The quantitative estimate of drug-likeness (QED) is 0.916. The first kappa shape index (κ1) is 13.5. The Kier molecular flexibility index (Phi) is 3.83. The molecule has 2 rings (SSSR count). The van der Waals surface area contributed by atoms with E-state index in [4.69, 9.17) is 0 Å². The molecule has 0 spiro atoms. The first-order valence-corrected chi connectivity index (χ1v) is 6.22. The van der Waals surface area contributed by atoms with E-state index in [-0.39, 0.29) is 0 Å². The maximum atomic E-state index is 13.3. The minimum atomic E-state index is -0.862. The highest BCUT2D eigenvalue weighted by Gasteiger charge is 2.10. The second-order valence-corrected chi connectivity index (χ2v) is 4.95. The number of hydrogen-bond acceptors (Lipinski definition) is 2. The fraction of sp³-hybridized carbons (Fsp3) is 0.357. The molecule has 0 radical (unpaired) electrons. The normalized spacial score (nSPS) is 11.1. The van der Waals surface area contributed by atoms with E-state index in [0.717, 1.165) is 24.4 Å². The molecular weight excluding hydrogens is 248 g/mol. The van der Waals surface area contributed by atoms with E-state index in [2.05, 4.69) is 24.1 Å². The molecule has 0 atom stereocenters. The second kappa shape index (κ2) is 5.38. The Morgan fingerprint density at radius 1 is 1.26 bits per heavy atom. The van der Waals surface area contributed by atoms with E-state index < -0.39 is 11.6 Å². The van der Waals surface area contributed by atoms with Crippen molar-refractivity contribution < 1.29 is 8.78 Å². The van der Waals surface area contributed by atoms with E-state index in [0.29, 0.717) is 17.6 Å². The van der Waals surface area contributed by atoms with Crippen LogP contribution in [-0.4, -0.2) is 16.1 Å². The van der Waals surface area contributed by atoms with Crippen LogP contribution in [0.5, 0.6) is 0 Å². The Balaban J connectivity index is 2.35. The highest BCUT2D eigenvalue weighted by atomic mass is 19.2. The Labute approximate surface area is 111 Å². The fourth-order valence-electron chi connectivity index (χ4n) is 1.75. The standard InChI is InChI=1S/C14H17F2N3/c1-9(2)7-17-14-18-10(3)8-19(14)11-4-5-12(15)13(16)6-11/h4-6,8-9H,7H2,1-3H3,(H,17,18). The van der Waals surface area contributed by atoms with Crippen LogP contribution in [0.25, 0.3) is 5.69 Å². The molecule has 0 saturated heterocycles. The summed E-state index contributed by atoms with van der Waals surface area (Å²) in [6.07, 6.45) is 1.79. The molecule has 5 heteroatoms. The summed E-state index contributed by atoms with van der Waals surface area (Å²) >= 11 is 0. The van der Waals surface area contributed by atoms with Crippen molar-refractivity contribution in [2.75, 3.05) is 11.9 Å². The van der Waals surface area contributed by atoms with E-state index in [1.807, 2.05) is 6.92 Å². The Hall–Kier alpha value is -1.91. The zero-order valence-electron chi connectivity index (χ0n) is 11.2. The SMILES string of the molecule is Cc1cn(-c2ccc(F)c(F)c2)c(NCC(C)C)n1. The summed E-state index contributed by atoms with van der Waals surface area (Å²) < 4.78 is 28.0. The molecule has 1 N–H and O–H groups in total. The first-order valence-electron chi connectivity index (χ1n) is 6.22. The van der Waals surface area contributed by atoms with Crippen molar-refractivity contribution in [2.45, 2.75) is 20.8 Å². The summed E-state index contributed by atoms with van der Waals surface area (Å²) in [4.78, 5) is 4.35. The van der Waals surface area contributed by atoms with Crippen molar-refractivity contribution in [1.82, 2.24) is 9.55 Å². The summed E-state index contributed by atoms with van der Waals surface area (Å²) in [5.41, 5.74) is 1.36. The molecule has 1 aromatic heterocycles. The lowest BCUT2D eigenvalue weighted by Gasteiger charge is -2.11. The Morgan fingerprint density at radius 2 is 2.00 bits per heavy atom. The van der Waals surface area contributed by atoms with Crippen molar-refractivity contribution in [3.05, 3.63) is 41.7 Å². The third-order valence-electron chi connectivity index (χ3n) is 2.68. The topological polar surface area (TPSA) is 29.9 Å². The number of anilines is 1. The zero-order chi connectivity index (χ0) is 14.0. The first-order chi connectivity index (χ1) is 8.97. The van der Waals surface area contributed by atoms with Crippen LogP contribution < -0.4 is 5.32 Å². The third-order valence-corrected chi connectivity index (χ3v) is 2.68. The lowest BCUT2D eigenvalue weighted by molar-refractivity contribution is 0.508. The van der Waals surface area contributed by atoms with Crippen LogP contribution >= 0.6 is 0 Å². The molecule has 0 aliphatic carbocycles. The van der Waals surface area contributed by atoms with Gasteiger partial charge in [-0.3, -0.25) is 4.57 Å². The van der Waals surface area contributed by atoms with Gasteiger partial charge in [-0.25, -0.2) is 13.8 Å². The largest absolute Gasteiger partial charge is 0.355 e. The number of imidazole rings is 1. The number of rotatable bonds is 4. The predicted molar refractivity (Wildman–Crippen MR) is 71.5 cm³/mol. The monoisotopic (exact) mass is 265 g/mol. The average Bonchev–Trinajstić information content (AvgIpc) is 2.71. The lowest BCUT2D eigenvalue weighted by Crippen LogP contribution is -2.12. The molecule has 3 nitrogen and oxygen atoms in total. The van der Waals surface area contributed by atoms with Gasteiger partial charge in [-0.2, -0.15) is 0 Å². The van der Waals surface area contributed by atoms with Crippen molar-refractivity contribution in [3.63, 3.8) is 0 Å². The summed E-state index contributed by atoms with van der Waals surface area (Å²) in [5.74, 6) is -0.608. The van der Waals surface area contributed by atoms with Crippen LogP contribution in [0.4, 0.5) is 14.7 Å². The van der Waals surface area contributed by atoms with Gasteiger partial charge in [-0.15, -0.1) is 0 Å². The third kappa shape index (κ3) is 3.10. The molecule has 102 valence electrons. The van der Waals surface area contributed by atoms with E-state index in [9.17, 15) is 8.78 Å². The van der Waals surface area contributed by atoms with Gasteiger partial charge in [0.1, 0.15) is 0 Å². The number of halogens is 2. The van der Waals surface area contributed by atoms with Crippen LogP contribution in [0.3, 0.4) is 0 Å². The molecule has 0 bridgehead atoms. The molecule has 0 aliphatic rings. The zero-order valence-corrected chi connectivity index (χ0v) is 11.2. The van der Waals surface area contributed by atoms with Gasteiger partial charge >= 0.3 is 0 Å². The number of nitrogens with one attached hydrogen (secondary N) is 1. The summed E-state index contributed by atoms with van der Waals surface area (Å²) in [7, 11) is 0. The van der Waals surface area contributed by atoms with Crippen molar-refractivity contribution in [3.8, 4) is 5.69 Å². The van der Waals surface area contributed by atoms with E-state index in [1.54, 1.807) is 10.8 Å². The van der Waals surface area contributed by atoms with Crippen molar-refractivity contribution in [1.29, 1.82) is 0 Å². The van der Waals surface area contributed by atoms with Crippen LogP contribution in [0.2, 0.25) is 0 Å². The van der Waals surface area contributed by atoms with Gasteiger partial charge in [0.05, 0.1) is 11.4 Å². The molecule has 2 aromatic rings. The van der Waals surface area contributed by atoms with Gasteiger partial charge in [0.25, 0.3) is 0 Å². The van der Waals surface area contributed by atoms with Crippen molar-refractivity contribution in [2.24, 2.45) is 5.92 Å². The molecule has 19 heavy (non-hydrogen) atoms. The molecule has 0 saturated carbocycles. The highest BCUT2D eigenvalue weighted by Crippen LogP contribution is 2.19. The number of benzene rings is 1. The molecule has 1 aromatic carbocycles. The number of hydrogen-bond donors (Lipinski definition) is 1. The van der Waals surface area contributed by atoms with Gasteiger partial charge in [0.15, 0.2) is 11.6 Å². The van der Waals surface area contributed by atoms with Gasteiger partial charge in [-0.05, 0) is 25.0 Å². The maximum Gasteiger partial charge on any atom is 0.207 e. The minimum absolute atomic E-state index is 0.468. The predicted octanol–water partition coefficient (Wildman–Crippen LogP) is 3.53. The summed E-state index contributed by atoms with van der Waals surface area (Å²) in [5, 5.41) is 3.20. The van der Waals surface area contributed by atoms with E-state index in [1.165, 1.54) is 6.07 Å². The van der Waals surface area contributed by atoms with Crippen LogP contribution in [-0.2, 0) is 0 Å². The molecule has 0 fully saturated rings.